The molecule has 4 aromatic rings. The molecule has 1 N–H and O–H groups in total. The average molecular weight is 349 g/mol. The van der Waals surface area contributed by atoms with E-state index in [1.807, 2.05) is 25.2 Å². The molecule has 8 nitrogen and oxygen atoms in total. The van der Waals surface area contributed by atoms with E-state index in [-0.39, 0.29) is 11.6 Å². The van der Waals surface area contributed by atoms with Gasteiger partial charge in [0.05, 0.1) is 24.2 Å². The first-order chi connectivity index (χ1) is 12.7. The largest absolute Gasteiger partial charge is 0.461 e. The van der Waals surface area contributed by atoms with Crippen LogP contribution in [0, 0.1) is 0 Å². The number of carbonyl (C=O) groups excluding carboxylic acids is 1. The molecule has 0 aliphatic carbocycles. The summed E-state index contributed by atoms with van der Waals surface area (Å²) >= 11 is 0. The topological polar surface area (TPSA) is 99.0 Å². The Morgan fingerprint density at radius 2 is 2.04 bits per heavy atom. The minimum absolute atomic E-state index is 0.188. The van der Waals surface area contributed by atoms with Crippen molar-refractivity contribution in [3.05, 3.63) is 66.4 Å². The van der Waals surface area contributed by atoms with Crippen LogP contribution in [0.25, 0.3) is 22.8 Å². The highest BCUT2D eigenvalue weighted by molar-refractivity contribution is 5.92. The Labute approximate surface area is 148 Å². The Morgan fingerprint density at radius 1 is 1.19 bits per heavy atom. The summed E-state index contributed by atoms with van der Waals surface area (Å²) in [5.74, 6) is 0.587. The molecule has 0 unspecified atom stereocenters. The fourth-order valence-electron chi connectivity index (χ4n) is 2.51. The van der Waals surface area contributed by atoms with Gasteiger partial charge in [-0.1, -0.05) is 5.16 Å². The third-order valence-corrected chi connectivity index (χ3v) is 3.89. The summed E-state index contributed by atoms with van der Waals surface area (Å²) in [6.07, 6.45) is 4.96. The maximum Gasteiger partial charge on any atom is 0.273 e. The summed E-state index contributed by atoms with van der Waals surface area (Å²) in [6.45, 7) is 0.316. The third-order valence-electron chi connectivity index (χ3n) is 3.89. The number of aryl methyl sites for hydroxylation is 1. The monoisotopic (exact) mass is 349 g/mol. The Balaban J connectivity index is 1.44. The van der Waals surface area contributed by atoms with Crippen LogP contribution in [-0.4, -0.2) is 25.8 Å². The number of hydrogen-bond donors (Lipinski definition) is 1. The lowest BCUT2D eigenvalue weighted by Crippen LogP contribution is -2.24. The summed E-state index contributed by atoms with van der Waals surface area (Å²) in [6, 6.07) is 10.7. The number of carbonyl (C=O) groups is 1. The van der Waals surface area contributed by atoms with Gasteiger partial charge in [0.25, 0.3) is 5.91 Å². The standard InChI is InChI=1S/C18H15N5O3/c1-23-13(9-14(21-23)12-4-6-19-7-5-12)11-20-18(24)15-10-17(26-22-15)16-3-2-8-25-16/h2-10H,11H2,1H3,(H,20,24). The fourth-order valence-corrected chi connectivity index (χ4v) is 2.51. The van der Waals surface area contributed by atoms with Gasteiger partial charge in [-0.25, -0.2) is 0 Å². The number of amides is 1. The summed E-state index contributed by atoms with van der Waals surface area (Å²) in [4.78, 5) is 16.3. The summed E-state index contributed by atoms with van der Waals surface area (Å²) in [5, 5.41) is 11.1. The van der Waals surface area contributed by atoms with Crippen LogP contribution in [-0.2, 0) is 13.6 Å². The van der Waals surface area contributed by atoms with Crippen molar-refractivity contribution >= 4 is 5.91 Å². The van der Waals surface area contributed by atoms with E-state index in [0.29, 0.717) is 18.1 Å². The van der Waals surface area contributed by atoms with Gasteiger partial charge in [0, 0.05) is 31.1 Å². The van der Waals surface area contributed by atoms with Gasteiger partial charge in [-0.3, -0.25) is 14.5 Å². The van der Waals surface area contributed by atoms with Crippen molar-refractivity contribution in [3.63, 3.8) is 0 Å². The van der Waals surface area contributed by atoms with E-state index in [1.165, 1.54) is 6.26 Å². The highest BCUT2D eigenvalue weighted by Gasteiger charge is 2.16. The molecule has 0 radical (unpaired) electrons. The summed E-state index contributed by atoms with van der Waals surface area (Å²) in [7, 11) is 1.83. The summed E-state index contributed by atoms with van der Waals surface area (Å²) in [5.41, 5.74) is 2.83. The van der Waals surface area contributed by atoms with Crippen LogP contribution in [0.5, 0.6) is 0 Å². The number of aromatic nitrogens is 4. The van der Waals surface area contributed by atoms with Crippen LogP contribution >= 0.6 is 0 Å². The second-order valence-corrected chi connectivity index (χ2v) is 5.62. The second-order valence-electron chi connectivity index (χ2n) is 5.62. The van der Waals surface area contributed by atoms with E-state index in [2.05, 4.69) is 20.6 Å². The van der Waals surface area contributed by atoms with Crippen LogP contribution in [0.1, 0.15) is 16.2 Å². The lowest BCUT2D eigenvalue weighted by atomic mass is 10.2. The number of hydrogen-bond acceptors (Lipinski definition) is 6. The van der Waals surface area contributed by atoms with Gasteiger partial charge < -0.3 is 14.3 Å². The molecule has 4 aromatic heterocycles. The molecule has 0 aliphatic heterocycles. The molecule has 0 aromatic carbocycles. The molecule has 4 heterocycles. The normalized spacial score (nSPS) is 10.8. The van der Waals surface area contributed by atoms with E-state index in [4.69, 9.17) is 8.94 Å². The van der Waals surface area contributed by atoms with Crippen molar-refractivity contribution in [1.29, 1.82) is 0 Å². The van der Waals surface area contributed by atoms with Crippen molar-refractivity contribution in [2.75, 3.05) is 0 Å². The molecule has 0 saturated heterocycles. The van der Waals surface area contributed by atoms with E-state index >= 15 is 0 Å². The Kier molecular flexibility index (Phi) is 4.06. The highest BCUT2D eigenvalue weighted by Crippen LogP contribution is 2.21. The summed E-state index contributed by atoms with van der Waals surface area (Å²) < 4.78 is 12.1. The lowest BCUT2D eigenvalue weighted by Gasteiger charge is -2.02. The molecular formula is C18H15N5O3. The number of rotatable bonds is 5. The predicted molar refractivity (Wildman–Crippen MR) is 91.8 cm³/mol. The first kappa shape index (κ1) is 15.8. The Morgan fingerprint density at radius 3 is 2.81 bits per heavy atom. The Bertz CT molecular complexity index is 1020. The molecule has 0 bridgehead atoms. The van der Waals surface area contributed by atoms with E-state index in [0.717, 1.165) is 17.0 Å². The molecular weight excluding hydrogens is 334 g/mol. The maximum atomic E-state index is 12.3. The molecule has 0 saturated carbocycles. The zero-order chi connectivity index (χ0) is 17.9. The van der Waals surface area contributed by atoms with Crippen molar-refractivity contribution in [2.45, 2.75) is 6.54 Å². The molecule has 130 valence electrons. The predicted octanol–water partition coefficient (Wildman–Crippen LogP) is 2.66. The van der Waals surface area contributed by atoms with Gasteiger partial charge in [0.2, 0.25) is 5.76 Å². The van der Waals surface area contributed by atoms with Crippen molar-refractivity contribution in [1.82, 2.24) is 25.2 Å². The smallest absolute Gasteiger partial charge is 0.273 e. The molecule has 0 spiro atoms. The number of pyridine rings is 1. The lowest BCUT2D eigenvalue weighted by molar-refractivity contribution is 0.0941. The van der Waals surface area contributed by atoms with Gasteiger partial charge in [-0.05, 0) is 30.3 Å². The molecule has 0 fully saturated rings. The SMILES string of the molecule is Cn1nc(-c2ccncc2)cc1CNC(=O)c1cc(-c2ccco2)on1. The first-order valence-corrected chi connectivity index (χ1v) is 7.93. The molecule has 0 aliphatic rings. The van der Waals surface area contributed by atoms with Crippen molar-refractivity contribution in [3.8, 4) is 22.8 Å². The van der Waals surface area contributed by atoms with Gasteiger partial charge >= 0.3 is 0 Å². The van der Waals surface area contributed by atoms with Crippen LogP contribution in [0.3, 0.4) is 0 Å². The minimum atomic E-state index is -0.335. The minimum Gasteiger partial charge on any atom is -0.461 e. The van der Waals surface area contributed by atoms with Crippen LogP contribution in [0.15, 0.2) is 64.0 Å². The van der Waals surface area contributed by atoms with E-state index in [9.17, 15) is 4.79 Å². The zero-order valence-corrected chi connectivity index (χ0v) is 13.9. The van der Waals surface area contributed by atoms with E-state index in [1.54, 1.807) is 35.3 Å². The maximum absolute atomic E-state index is 12.3. The zero-order valence-electron chi connectivity index (χ0n) is 13.9. The number of nitrogens with one attached hydrogen (secondary N) is 1. The van der Waals surface area contributed by atoms with Crippen LogP contribution in [0.2, 0.25) is 0 Å². The first-order valence-electron chi connectivity index (χ1n) is 7.93. The molecule has 1 amide bonds. The third kappa shape index (κ3) is 3.12. The average Bonchev–Trinajstić information content (AvgIpc) is 3.41. The van der Waals surface area contributed by atoms with Gasteiger partial charge in [-0.15, -0.1) is 0 Å². The quantitative estimate of drug-likeness (QED) is 0.595. The van der Waals surface area contributed by atoms with E-state index < -0.39 is 0 Å². The molecule has 4 rings (SSSR count). The number of nitrogens with zero attached hydrogens (tertiary/aromatic N) is 4. The highest BCUT2D eigenvalue weighted by atomic mass is 16.5. The van der Waals surface area contributed by atoms with Crippen LogP contribution < -0.4 is 5.32 Å². The van der Waals surface area contributed by atoms with Gasteiger partial charge in [-0.2, -0.15) is 5.10 Å². The molecule has 0 atom stereocenters. The van der Waals surface area contributed by atoms with Crippen molar-refractivity contribution in [2.24, 2.45) is 7.05 Å². The molecule has 26 heavy (non-hydrogen) atoms. The van der Waals surface area contributed by atoms with Crippen molar-refractivity contribution < 1.29 is 13.7 Å². The fraction of sp³-hybridized carbons (Fsp3) is 0.111. The Hall–Kier alpha value is -3.68. The number of furan rings is 1. The molecule has 8 heteroatoms. The van der Waals surface area contributed by atoms with Gasteiger partial charge in [0.15, 0.2) is 11.5 Å². The van der Waals surface area contributed by atoms with Crippen LogP contribution in [0.4, 0.5) is 0 Å². The second kappa shape index (κ2) is 6.67. The van der Waals surface area contributed by atoms with Gasteiger partial charge in [0.1, 0.15) is 0 Å².